The van der Waals surface area contributed by atoms with Crippen molar-refractivity contribution in [2.75, 3.05) is 39.5 Å². The molecule has 0 aliphatic rings. The number of carbonyl (C=O) groups is 3. The molecule has 0 fully saturated rings. The first kappa shape index (κ1) is 27.6. The van der Waals surface area contributed by atoms with Crippen molar-refractivity contribution in [1.29, 1.82) is 0 Å². The summed E-state index contributed by atoms with van der Waals surface area (Å²) < 4.78 is 55.7. The summed E-state index contributed by atoms with van der Waals surface area (Å²) in [4.78, 5) is 34.4. The van der Waals surface area contributed by atoms with Crippen LogP contribution in [0.1, 0.15) is 11.1 Å². The molecule has 0 atom stereocenters. The van der Waals surface area contributed by atoms with E-state index < -0.39 is 29.6 Å². The standard InChI is InChI=1S/C23H27F3NO6/c1-4-20(28)31-14-11-27(12-15-32-21(29)5-2,13-16-33-22(30)6-3)17-18-9-7-8-10-19(18)23(24,25)26/h4-10H,1-3,11-17H2/q+1. The molecular formula is C23H27F3NO6+. The molecule has 0 aliphatic heterocycles. The Bertz CT molecular complexity index is 801. The number of halogens is 3. The maximum Gasteiger partial charge on any atom is 0.416 e. The SMILES string of the molecule is C=CC(=O)OCC[N+](CCOC(=O)C=C)(CCOC(=O)C=C)Cc1ccccc1C(F)(F)F. The summed E-state index contributed by atoms with van der Waals surface area (Å²) in [5, 5.41) is 0. The summed E-state index contributed by atoms with van der Waals surface area (Å²) in [7, 11) is 0. The fourth-order valence-electron chi connectivity index (χ4n) is 3.07. The number of benzene rings is 1. The molecule has 0 aromatic heterocycles. The van der Waals surface area contributed by atoms with Crippen LogP contribution in [0.25, 0.3) is 0 Å². The van der Waals surface area contributed by atoms with E-state index in [0.717, 1.165) is 24.3 Å². The molecular weight excluding hydrogens is 443 g/mol. The molecule has 0 aliphatic carbocycles. The van der Waals surface area contributed by atoms with Gasteiger partial charge >= 0.3 is 24.1 Å². The zero-order chi connectivity index (χ0) is 24.9. The van der Waals surface area contributed by atoms with Crippen LogP contribution >= 0.6 is 0 Å². The maximum atomic E-state index is 13.6. The van der Waals surface area contributed by atoms with Gasteiger partial charge in [-0.1, -0.05) is 37.9 Å². The van der Waals surface area contributed by atoms with E-state index in [9.17, 15) is 27.6 Å². The van der Waals surface area contributed by atoms with Crippen LogP contribution in [0.3, 0.4) is 0 Å². The molecule has 0 N–H and O–H groups in total. The van der Waals surface area contributed by atoms with E-state index in [1.165, 1.54) is 18.2 Å². The lowest BCUT2D eigenvalue weighted by Gasteiger charge is -2.38. The van der Waals surface area contributed by atoms with E-state index in [0.29, 0.717) is 0 Å². The minimum atomic E-state index is -4.59. The number of quaternary nitrogens is 1. The molecule has 0 radical (unpaired) electrons. The lowest BCUT2D eigenvalue weighted by atomic mass is 10.0. The van der Waals surface area contributed by atoms with Crippen molar-refractivity contribution in [3.63, 3.8) is 0 Å². The smallest absolute Gasteiger partial charge is 0.416 e. The van der Waals surface area contributed by atoms with Gasteiger partial charge < -0.3 is 18.7 Å². The third kappa shape index (κ3) is 9.73. The number of rotatable bonds is 14. The van der Waals surface area contributed by atoms with E-state index in [1.54, 1.807) is 0 Å². The number of esters is 3. The largest absolute Gasteiger partial charge is 0.457 e. The van der Waals surface area contributed by atoms with Crippen molar-refractivity contribution in [1.82, 2.24) is 0 Å². The van der Waals surface area contributed by atoms with E-state index in [4.69, 9.17) is 14.2 Å². The Kier molecular flexibility index (Phi) is 11.1. The topological polar surface area (TPSA) is 78.9 Å². The van der Waals surface area contributed by atoms with Gasteiger partial charge in [0.1, 0.15) is 46.0 Å². The normalized spacial score (nSPS) is 11.2. The second kappa shape index (κ2) is 13.2. The van der Waals surface area contributed by atoms with Crippen LogP contribution in [-0.4, -0.2) is 61.8 Å². The van der Waals surface area contributed by atoms with Gasteiger partial charge in [0.2, 0.25) is 0 Å². The average Bonchev–Trinajstić information content (AvgIpc) is 2.78. The highest BCUT2D eigenvalue weighted by Gasteiger charge is 2.37. The Balaban J connectivity index is 3.27. The molecule has 33 heavy (non-hydrogen) atoms. The van der Waals surface area contributed by atoms with Crippen molar-refractivity contribution >= 4 is 17.9 Å². The first-order chi connectivity index (χ1) is 15.6. The maximum absolute atomic E-state index is 13.6. The zero-order valence-corrected chi connectivity index (χ0v) is 18.1. The summed E-state index contributed by atoms with van der Waals surface area (Å²) in [6, 6.07) is 5.07. The van der Waals surface area contributed by atoms with Gasteiger partial charge in [-0.15, -0.1) is 0 Å². The summed E-state index contributed by atoms with van der Waals surface area (Å²) in [6.07, 6.45) is -1.70. The molecule has 0 saturated carbocycles. The van der Waals surface area contributed by atoms with Gasteiger partial charge in [-0.25, -0.2) is 14.4 Å². The van der Waals surface area contributed by atoms with Crippen molar-refractivity contribution in [3.05, 3.63) is 73.4 Å². The molecule has 0 unspecified atom stereocenters. The second-order valence-corrected chi connectivity index (χ2v) is 6.94. The molecule has 1 rings (SSSR count). The van der Waals surface area contributed by atoms with Gasteiger partial charge in [-0.2, -0.15) is 13.2 Å². The van der Waals surface area contributed by atoms with Crippen LogP contribution in [0.4, 0.5) is 13.2 Å². The number of carbonyl (C=O) groups excluding carboxylic acids is 3. The zero-order valence-electron chi connectivity index (χ0n) is 18.1. The van der Waals surface area contributed by atoms with Crippen molar-refractivity contribution < 1.29 is 46.2 Å². The van der Waals surface area contributed by atoms with Crippen LogP contribution < -0.4 is 0 Å². The van der Waals surface area contributed by atoms with Gasteiger partial charge in [0.05, 0.1) is 5.56 Å². The Hall–Kier alpha value is -3.40. The van der Waals surface area contributed by atoms with Crippen molar-refractivity contribution in [3.8, 4) is 0 Å². The lowest BCUT2D eigenvalue weighted by molar-refractivity contribution is -0.941. The summed E-state index contributed by atoms with van der Waals surface area (Å²) in [5.74, 6) is -2.08. The molecule has 1 aromatic carbocycles. The van der Waals surface area contributed by atoms with Gasteiger partial charge in [0, 0.05) is 23.8 Å². The monoisotopic (exact) mass is 470 g/mol. The molecule has 180 valence electrons. The quantitative estimate of drug-likeness (QED) is 0.180. The van der Waals surface area contributed by atoms with Crippen molar-refractivity contribution in [2.45, 2.75) is 12.7 Å². The molecule has 10 heteroatoms. The molecule has 0 heterocycles. The van der Waals surface area contributed by atoms with Crippen LogP contribution in [-0.2, 0) is 41.3 Å². The van der Waals surface area contributed by atoms with Gasteiger partial charge in [0.25, 0.3) is 0 Å². The number of hydrogen-bond acceptors (Lipinski definition) is 6. The molecule has 0 amide bonds. The van der Waals surface area contributed by atoms with Gasteiger partial charge in [0.15, 0.2) is 0 Å². The van der Waals surface area contributed by atoms with E-state index >= 15 is 0 Å². The van der Waals surface area contributed by atoms with Crippen LogP contribution in [0.5, 0.6) is 0 Å². The van der Waals surface area contributed by atoms with Crippen LogP contribution in [0.2, 0.25) is 0 Å². The first-order valence-corrected chi connectivity index (χ1v) is 9.94. The van der Waals surface area contributed by atoms with Gasteiger partial charge in [-0.3, -0.25) is 0 Å². The van der Waals surface area contributed by atoms with E-state index in [-0.39, 0.29) is 56.0 Å². The Morgan fingerprint density at radius 1 is 0.788 bits per heavy atom. The minimum absolute atomic E-state index is 0.00913. The predicted octanol–water partition coefficient (Wildman–Crippen LogP) is 3.21. The van der Waals surface area contributed by atoms with Crippen LogP contribution in [0, 0.1) is 0 Å². The number of nitrogens with zero attached hydrogens (tertiary/aromatic N) is 1. The predicted molar refractivity (Wildman–Crippen MR) is 113 cm³/mol. The second-order valence-electron chi connectivity index (χ2n) is 6.94. The fraction of sp³-hybridized carbons (Fsp3) is 0.348. The number of ether oxygens (including phenoxy) is 3. The summed E-state index contributed by atoms with van der Waals surface area (Å²) >= 11 is 0. The third-order valence-electron chi connectivity index (χ3n) is 4.76. The molecule has 0 saturated heterocycles. The third-order valence-corrected chi connectivity index (χ3v) is 4.76. The number of alkyl halides is 3. The van der Waals surface area contributed by atoms with E-state index in [1.807, 2.05) is 0 Å². The Morgan fingerprint density at radius 3 is 1.55 bits per heavy atom. The molecule has 7 nitrogen and oxygen atoms in total. The van der Waals surface area contributed by atoms with Gasteiger partial charge in [-0.05, 0) is 6.07 Å². The van der Waals surface area contributed by atoms with E-state index in [2.05, 4.69) is 19.7 Å². The lowest BCUT2D eigenvalue weighted by Crippen LogP contribution is -2.53. The summed E-state index contributed by atoms with van der Waals surface area (Å²) in [5.41, 5.74) is -0.827. The number of hydrogen-bond donors (Lipinski definition) is 0. The highest BCUT2D eigenvalue weighted by Crippen LogP contribution is 2.33. The minimum Gasteiger partial charge on any atom is -0.457 e. The highest BCUT2D eigenvalue weighted by atomic mass is 19.4. The Labute approximate surface area is 190 Å². The first-order valence-electron chi connectivity index (χ1n) is 9.94. The van der Waals surface area contributed by atoms with Crippen LogP contribution in [0.15, 0.2) is 62.2 Å². The highest BCUT2D eigenvalue weighted by molar-refractivity contribution is 5.81. The Morgan fingerprint density at radius 2 is 1.18 bits per heavy atom. The summed E-state index contributed by atoms with van der Waals surface area (Å²) in [6.45, 7) is 9.48. The molecule has 0 bridgehead atoms. The fourth-order valence-corrected chi connectivity index (χ4v) is 3.07. The molecule has 0 spiro atoms. The average molecular weight is 470 g/mol. The molecule has 1 aromatic rings. The van der Waals surface area contributed by atoms with Crippen molar-refractivity contribution in [2.24, 2.45) is 0 Å².